The molecule has 0 aromatic carbocycles. The van der Waals surface area contributed by atoms with E-state index in [1.54, 1.807) is 12.1 Å². The molecule has 5 nitrogen and oxygen atoms in total. The van der Waals surface area contributed by atoms with Crippen LogP contribution in [0.2, 0.25) is 0 Å². The standard InChI is InChI=1S/C16H22F3N3O2.2ClH/c1-15(20)7-3-2-6-12(15)13(23)22-9-11-5-4-8-21-14(11)24-10-16(17,18)19;;/h4-5,8,12H,2-3,6-7,9-10,20H2,1H3,(H,22,23);2*1H. The molecular formula is C16H24Cl2F3N3O2. The summed E-state index contributed by atoms with van der Waals surface area (Å²) in [6.45, 7) is 0.485. The number of nitrogens with two attached hydrogens (primary N) is 1. The Bertz CT molecular complexity index is 586. The third-order valence-electron chi connectivity index (χ3n) is 4.25. The Labute approximate surface area is 163 Å². The number of carbonyl (C=O) groups excluding carboxylic acids is 1. The van der Waals surface area contributed by atoms with Crippen LogP contribution in [0.3, 0.4) is 0 Å². The molecule has 3 N–H and O–H groups in total. The normalized spacial score (nSPS) is 22.6. The maximum absolute atomic E-state index is 12.4. The van der Waals surface area contributed by atoms with Crippen molar-refractivity contribution in [2.45, 2.75) is 50.9 Å². The summed E-state index contributed by atoms with van der Waals surface area (Å²) in [5.41, 5.74) is 6.03. The highest BCUT2D eigenvalue weighted by atomic mass is 35.5. The van der Waals surface area contributed by atoms with Gasteiger partial charge in [0.25, 0.3) is 0 Å². The lowest BCUT2D eigenvalue weighted by molar-refractivity contribution is -0.154. The second-order valence-corrected chi connectivity index (χ2v) is 6.39. The average Bonchev–Trinajstić information content (AvgIpc) is 2.50. The molecule has 1 aliphatic carbocycles. The van der Waals surface area contributed by atoms with Gasteiger partial charge in [0.05, 0.1) is 5.92 Å². The van der Waals surface area contributed by atoms with Gasteiger partial charge in [0.2, 0.25) is 11.8 Å². The zero-order valence-corrected chi connectivity index (χ0v) is 16.0. The molecule has 10 heteroatoms. The van der Waals surface area contributed by atoms with E-state index in [-0.39, 0.29) is 49.1 Å². The average molecular weight is 418 g/mol. The SMILES string of the molecule is CC1(N)CCCCC1C(=O)NCc1cccnc1OCC(F)(F)F.Cl.Cl. The van der Waals surface area contributed by atoms with Gasteiger partial charge in [0.1, 0.15) is 0 Å². The molecule has 0 radical (unpaired) electrons. The van der Waals surface area contributed by atoms with E-state index in [0.29, 0.717) is 12.0 Å². The third kappa shape index (κ3) is 7.17. The van der Waals surface area contributed by atoms with Crippen LogP contribution in [0, 0.1) is 5.92 Å². The molecule has 0 bridgehead atoms. The fraction of sp³-hybridized carbons (Fsp3) is 0.625. The first kappa shape index (κ1) is 24.8. The van der Waals surface area contributed by atoms with E-state index in [2.05, 4.69) is 10.3 Å². The molecule has 0 saturated heterocycles. The highest BCUT2D eigenvalue weighted by molar-refractivity contribution is 5.85. The second-order valence-electron chi connectivity index (χ2n) is 6.39. The monoisotopic (exact) mass is 417 g/mol. The topological polar surface area (TPSA) is 77.2 Å². The van der Waals surface area contributed by atoms with Crippen LogP contribution < -0.4 is 15.8 Å². The van der Waals surface area contributed by atoms with Crippen molar-refractivity contribution in [3.63, 3.8) is 0 Å². The van der Waals surface area contributed by atoms with Crippen molar-refractivity contribution in [2.24, 2.45) is 11.7 Å². The van der Waals surface area contributed by atoms with Crippen LogP contribution in [-0.2, 0) is 11.3 Å². The maximum atomic E-state index is 12.4. The smallest absolute Gasteiger partial charge is 0.422 e. The number of halogens is 5. The summed E-state index contributed by atoms with van der Waals surface area (Å²) in [6, 6.07) is 3.15. The first-order valence-corrected chi connectivity index (χ1v) is 7.89. The number of hydrogen-bond donors (Lipinski definition) is 2. The molecule has 1 heterocycles. The first-order chi connectivity index (χ1) is 11.2. The van der Waals surface area contributed by atoms with Crippen LogP contribution in [0.5, 0.6) is 5.88 Å². The lowest BCUT2D eigenvalue weighted by Crippen LogP contribution is -2.52. The van der Waals surface area contributed by atoms with Gasteiger partial charge in [-0.1, -0.05) is 18.9 Å². The number of amides is 1. The third-order valence-corrected chi connectivity index (χ3v) is 4.25. The maximum Gasteiger partial charge on any atom is 0.422 e. The molecule has 150 valence electrons. The second kappa shape index (κ2) is 10.2. The Morgan fingerprint density at radius 2 is 2.12 bits per heavy atom. The summed E-state index contributed by atoms with van der Waals surface area (Å²) in [4.78, 5) is 16.2. The Hall–Kier alpha value is -1.25. The predicted molar refractivity (Wildman–Crippen MR) is 96.7 cm³/mol. The van der Waals surface area contributed by atoms with Crippen LogP contribution >= 0.6 is 24.8 Å². The zero-order valence-electron chi connectivity index (χ0n) is 14.3. The van der Waals surface area contributed by atoms with E-state index < -0.39 is 18.3 Å². The number of nitrogens with zero attached hydrogens (tertiary/aromatic N) is 1. The zero-order chi connectivity index (χ0) is 17.8. The summed E-state index contributed by atoms with van der Waals surface area (Å²) >= 11 is 0. The summed E-state index contributed by atoms with van der Waals surface area (Å²) in [6.07, 6.45) is 0.324. The largest absolute Gasteiger partial charge is 0.468 e. The molecule has 2 unspecified atom stereocenters. The van der Waals surface area contributed by atoms with Crippen LogP contribution in [0.15, 0.2) is 18.3 Å². The summed E-state index contributed by atoms with van der Waals surface area (Å²) in [7, 11) is 0. The molecule has 1 aromatic rings. The van der Waals surface area contributed by atoms with Crippen LogP contribution in [-0.4, -0.2) is 29.2 Å². The Morgan fingerprint density at radius 1 is 1.42 bits per heavy atom. The van der Waals surface area contributed by atoms with Crippen LogP contribution in [0.25, 0.3) is 0 Å². The highest BCUT2D eigenvalue weighted by Crippen LogP contribution is 2.31. The Balaban J connectivity index is 0.00000312. The molecule has 0 spiro atoms. The van der Waals surface area contributed by atoms with Gasteiger partial charge in [-0.05, 0) is 25.8 Å². The summed E-state index contributed by atoms with van der Waals surface area (Å²) in [5, 5.41) is 2.74. The Kier molecular flexibility index (Phi) is 9.69. The number of carbonyl (C=O) groups is 1. The first-order valence-electron chi connectivity index (χ1n) is 7.89. The minimum absolute atomic E-state index is 0. The fourth-order valence-electron chi connectivity index (χ4n) is 2.93. The number of nitrogens with one attached hydrogen (secondary N) is 1. The quantitative estimate of drug-likeness (QED) is 0.769. The van der Waals surface area contributed by atoms with Gasteiger partial charge in [-0.15, -0.1) is 24.8 Å². The number of aromatic nitrogens is 1. The van der Waals surface area contributed by atoms with Gasteiger partial charge in [-0.3, -0.25) is 4.79 Å². The molecule has 0 aliphatic heterocycles. The van der Waals surface area contributed by atoms with Crippen LogP contribution in [0.1, 0.15) is 38.2 Å². The summed E-state index contributed by atoms with van der Waals surface area (Å²) in [5.74, 6) is -0.623. The predicted octanol–water partition coefficient (Wildman–Crippen LogP) is 3.39. The Morgan fingerprint density at radius 3 is 2.73 bits per heavy atom. The van der Waals surface area contributed by atoms with Gasteiger partial charge < -0.3 is 15.8 Å². The van der Waals surface area contributed by atoms with E-state index >= 15 is 0 Å². The van der Waals surface area contributed by atoms with E-state index in [0.717, 1.165) is 19.3 Å². The van der Waals surface area contributed by atoms with Gasteiger partial charge >= 0.3 is 6.18 Å². The molecule has 1 aromatic heterocycles. The van der Waals surface area contributed by atoms with Crippen molar-refractivity contribution in [3.8, 4) is 5.88 Å². The lowest BCUT2D eigenvalue weighted by atomic mass is 9.74. The molecule has 1 saturated carbocycles. The van der Waals surface area contributed by atoms with Crippen molar-refractivity contribution >= 4 is 30.7 Å². The number of alkyl halides is 3. The fourth-order valence-corrected chi connectivity index (χ4v) is 2.93. The lowest BCUT2D eigenvalue weighted by Gasteiger charge is -2.37. The molecule has 1 aliphatic rings. The molecular weight excluding hydrogens is 394 g/mol. The van der Waals surface area contributed by atoms with Crippen molar-refractivity contribution in [1.82, 2.24) is 10.3 Å². The van der Waals surface area contributed by atoms with E-state index in [1.807, 2.05) is 6.92 Å². The van der Waals surface area contributed by atoms with Crippen LogP contribution in [0.4, 0.5) is 13.2 Å². The molecule has 1 amide bonds. The number of ether oxygens (including phenoxy) is 1. The van der Waals surface area contributed by atoms with Crippen molar-refractivity contribution < 1.29 is 22.7 Å². The molecule has 1 fully saturated rings. The van der Waals surface area contributed by atoms with Gasteiger partial charge in [0.15, 0.2) is 6.61 Å². The molecule has 26 heavy (non-hydrogen) atoms. The summed E-state index contributed by atoms with van der Waals surface area (Å²) < 4.78 is 41.5. The van der Waals surface area contributed by atoms with Crippen molar-refractivity contribution in [1.29, 1.82) is 0 Å². The highest BCUT2D eigenvalue weighted by Gasteiger charge is 2.37. The van der Waals surface area contributed by atoms with E-state index in [1.165, 1.54) is 6.20 Å². The minimum Gasteiger partial charge on any atom is -0.468 e. The van der Waals surface area contributed by atoms with Gasteiger partial charge in [0, 0.05) is 23.8 Å². The van der Waals surface area contributed by atoms with Gasteiger partial charge in [-0.25, -0.2) is 4.98 Å². The number of pyridine rings is 1. The minimum atomic E-state index is -4.44. The number of rotatable bonds is 5. The van der Waals surface area contributed by atoms with Crippen molar-refractivity contribution in [3.05, 3.63) is 23.9 Å². The van der Waals surface area contributed by atoms with E-state index in [9.17, 15) is 18.0 Å². The molecule has 2 atom stereocenters. The van der Waals surface area contributed by atoms with Gasteiger partial charge in [-0.2, -0.15) is 13.2 Å². The van der Waals surface area contributed by atoms with E-state index in [4.69, 9.17) is 10.5 Å². The number of hydrogen-bond acceptors (Lipinski definition) is 4. The van der Waals surface area contributed by atoms with Crippen molar-refractivity contribution in [2.75, 3.05) is 6.61 Å². The molecule has 2 rings (SSSR count).